The van der Waals surface area contributed by atoms with Crippen LogP contribution in [-0.2, 0) is 13.1 Å². The minimum absolute atomic E-state index is 0.312. The van der Waals surface area contributed by atoms with Gasteiger partial charge in [-0.25, -0.2) is 0 Å². The van der Waals surface area contributed by atoms with Gasteiger partial charge in [-0.3, -0.25) is 4.68 Å². The molecule has 3 aromatic rings. The van der Waals surface area contributed by atoms with E-state index in [0.717, 1.165) is 17.9 Å². The van der Waals surface area contributed by atoms with E-state index in [1.807, 2.05) is 47.3 Å². The maximum Gasteiger partial charge on any atom is 0.0969 e. The van der Waals surface area contributed by atoms with Gasteiger partial charge in [-0.05, 0) is 25.1 Å². The second-order valence-corrected chi connectivity index (χ2v) is 4.97. The molecule has 0 aliphatic rings. The average molecular weight is 282 g/mol. The van der Waals surface area contributed by atoms with Crippen LogP contribution in [0.3, 0.4) is 0 Å². The van der Waals surface area contributed by atoms with Gasteiger partial charge in [0.05, 0.1) is 24.1 Å². The number of nitrogens with one attached hydrogen (secondary N) is 1. The molecule has 1 aromatic carbocycles. The van der Waals surface area contributed by atoms with Gasteiger partial charge in [-0.1, -0.05) is 18.2 Å². The molecule has 0 spiro atoms. The zero-order valence-electron chi connectivity index (χ0n) is 11.9. The second-order valence-electron chi connectivity index (χ2n) is 4.97. The zero-order valence-corrected chi connectivity index (χ0v) is 11.9. The summed E-state index contributed by atoms with van der Waals surface area (Å²) >= 11 is 0. The Balaban J connectivity index is 1.55. The maximum absolute atomic E-state index is 4.47. The molecule has 1 N–H and O–H groups in total. The van der Waals surface area contributed by atoms with Crippen LogP contribution in [0.5, 0.6) is 0 Å². The van der Waals surface area contributed by atoms with Crippen molar-refractivity contribution in [3.05, 3.63) is 60.7 Å². The summed E-state index contributed by atoms with van der Waals surface area (Å²) in [4.78, 5) is 1.65. The smallest absolute Gasteiger partial charge is 0.0969 e. The highest BCUT2D eigenvalue weighted by Gasteiger charge is 2.06. The van der Waals surface area contributed by atoms with Crippen LogP contribution in [-0.4, -0.2) is 30.8 Å². The summed E-state index contributed by atoms with van der Waals surface area (Å²) in [7, 11) is 0. The van der Waals surface area contributed by atoms with Crippen molar-refractivity contribution in [1.82, 2.24) is 30.1 Å². The molecule has 21 heavy (non-hydrogen) atoms. The summed E-state index contributed by atoms with van der Waals surface area (Å²) in [6.07, 6.45) is 5.54. The lowest BCUT2D eigenvalue weighted by molar-refractivity contribution is 0.448. The lowest BCUT2D eigenvalue weighted by Crippen LogP contribution is -2.30. The highest BCUT2D eigenvalue weighted by Crippen LogP contribution is 2.04. The molecule has 3 rings (SSSR count). The molecular weight excluding hydrogens is 264 g/mol. The minimum atomic E-state index is 0.312. The van der Waals surface area contributed by atoms with E-state index in [1.165, 1.54) is 0 Å². The van der Waals surface area contributed by atoms with Crippen molar-refractivity contribution in [2.45, 2.75) is 26.1 Å². The molecular formula is C15H18N6. The van der Waals surface area contributed by atoms with E-state index in [2.05, 4.69) is 27.5 Å². The van der Waals surface area contributed by atoms with Crippen LogP contribution >= 0.6 is 0 Å². The Morgan fingerprint density at radius 1 is 1.14 bits per heavy atom. The molecule has 0 amide bonds. The summed E-state index contributed by atoms with van der Waals surface area (Å²) in [6, 6.07) is 12.1. The number of para-hydroxylation sites is 1. The number of nitrogens with zero attached hydrogens (tertiary/aromatic N) is 5. The summed E-state index contributed by atoms with van der Waals surface area (Å²) in [6.45, 7) is 3.65. The van der Waals surface area contributed by atoms with Crippen molar-refractivity contribution >= 4 is 0 Å². The number of hydrogen-bond acceptors (Lipinski definition) is 4. The summed E-state index contributed by atoms with van der Waals surface area (Å²) in [5, 5.41) is 16.4. The van der Waals surface area contributed by atoms with Crippen molar-refractivity contribution in [3.63, 3.8) is 0 Å². The molecule has 6 heteroatoms. The Morgan fingerprint density at radius 3 is 2.76 bits per heavy atom. The second kappa shape index (κ2) is 6.32. The maximum atomic E-state index is 4.47. The summed E-state index contributed by atoms with van der Waals surface area (Å²) in [5.74, 6) is 0. The standard InChI is InChI=1S/C15H18N6/c1-13(12-20-9-5-8-17-20)16-10-14-11-18-21(19-14)15-6-3-2-4-7-15/h2-9,11,13,16H,10,12H2,1H3. The Hall–Kier alpha value is -2.47. The Morgan fingerprint density at radius 2 is 2.00 bits per heavy atom. The van der Waals surface area contributed by atoms with Gasteiger partial charge in [-0.15, -0.1) is 0 Å². The van der Waals surface area contributed by atoms with Gasteiger partial charge in [0, 0.05) is 25.0 Å². The molecule has 108 valence electrons. The predicted octanol–water partition coefficient (Wildman–Crippen LogP) is 1.64. The van der Waals surface area contributed by atoms with Gasteiger partial charge in [0.25, 0.3) is 0 Å². The fraction of sp³-hybridized carbons (Fsp3) is 0.267. The predicted molar refractivity (Wildman–Crippen MR) is 79.9 cm³/mol. The van der Waals surface area contributed by atoms with Crippen LogP contribution in [0.15, 0.2) is 55.0 Å². The zero-order chi connectivity index (χ0) is 14.5. The van der Waals surface area contributed by atoms with E-state index in [9.17, 15) is 0 Å². The van der Waals surface area contributed by atoms with Gasteiger partial charge < -0.3 is 5.32 Å². The SMILES string of the molecule is CC(Cn1cccn1)NCc1cnn(-c2ccccc2)n1. The Labute approximate surface area is 123 Å². The van der Waals surface area contributed by atoms with Crippen LogP contribution in [0, 0.1) is 0 Å². The van der Waals surface area contributed by atoms with E-state index in [1.54, 1.807) is 17.2 Å². The number of aromatic nitrogens is 5. The third-order valence-corrected chi connectivity index (χ3v) is 3.18. The molecule has 6 nitrogen and oxygen atoms in total. The lowest BCUT2D eigenvalue weighted by atomic mass is 10.3. The minimum Gasteiger partial charge on any atom is -0.307 e. The van der Waals surface area contributed by atoms with Crippen molar-refractivity contribution in [2.24, 2.45) is 0 Å². The van der Waals surface area contributed by atoms with Crippen molar-refractivity contribution in [1.29, 1.82) is 0 Å². The molecule has 2 heterocycles. The van der Waals surface area contributed by atoms with Crippen molar-refractivity contribution in [2.75, 3.05) is 0 Å². The molecule has 0 saturated heterocycles. The first-order valence-electron chi connectivity index (χ1n) is 6.99. The lowest BCUT2D eigenvalue weighted by Gasteiger charge is -2.12. The largest absolute Gasteiger partial charge is 0.307 e. The molecule has 0 bridgehead atoms. The average Bonchev–Trinajstić information content (AvgIpc) is 3.17. The first kappa shape index (κ1) is 13.5. The van der Waals surface area contributed by atoms with Crippen LogP contribution in [0.1, 0.15) is 12.6 Å². The van der Waals surface area contributed by atoms with Gasteiger partial charge in [-0.2, -0.15) is 20.1 Å². The van der Waals surface area contributed by atoms with Crippen LogP contribution in [0.2, 0.25) is 0 Å². The van der Waals surface area contributed by atoms with Gasteiger partial charge in [0.15, 0.2) is 0 Å². The Bertz CT molecular complexity index is 659. The molecule has 1 unspecified atom stereocenters. The number of hydrogen-bond donors (Lipinski definition) is 1. The summed E-state index contributed by atoms with van der Waals surface area (Å²) in [5.41, 5.74) is 1.89. The third-order valence-electron chi connectivity index (χ3n) is 3.18. The number of rotatable bonds is 6. The van der Waals surface area contributed by atoms with E-state index in [0.29, 0.717) is 12.6 Å². The van der Waals surface area contributed by atoms with Gasteiger partial charge >= 0.3 is 0 Å². The molecule has 1 atom stereocenters. The third kappa shape index (κ3) is 3.55. The van der Waals surface area contributed by atoms with Crippen LogP contribution < -0.4 is 5.32 Å². The van der Waals surface area contributed by atoms with E-state index in [4.69, 9.17) is 0 Å². The number of benzene rings is 1. The quantitative estimate of drug-likeness (QED) is 0.746. The van der Waals surface area contributed by atoms with E-state index < -0.39 is 0 Å². The monoisotopic (exact) mass is 282 g/mol. The van der Waals surface area contributed by atoms with Gasteiger partial charge in [0.1, 0.15) is 0 Å². The molecule has 0 fully saturated rings. The molecule has 2 aromatic heterocycles. The highest BCUT2D eigenvalue weighted by atomic mass is 15.5. The van der Waals surface area contributed by atoms with E-state index >= 15 is 0 Å². The van der Waals surface area contributed by atoms with Gasteiger partial charge in [0.2, 0.25) is 0 Å². The van der Waals surface area contributed by atoms with Crippen molar-refractivity contribution < 1.29 is 0 Å². The molecule has 0 aliphatic carbocycles. The van der Waals surface area contributed by atoms with E-state index in [-0.39, 0.29) is 0 Å². The normalized spacial score (nSPS) is 12.4. The first-order valence-corrected chi connectivity index (χ1v) is 6.99. The molecule has 0 radical (unpaired) electrons. The fourth-order valence-electron chi connectivity index (χ4n) is 2.09. The van der Waals surface area contributed by atoms with Crippen LogP contribution in [0.25, 0.3) is 5.69 Å². The Kier molecular flexibility index (Phi) is 4.07. The highest BCUT2D eigenvalue weighted by molar-refractivity contribution is 5.28. The fourth-order valence-corrected chi connectivity index (χ4v) is 2.09. The first-order chi connectivity index (χ1) is 10.3. The molecule has 0 saturated carbocycles. The topological polar surface area (TPSA) is 60.6 Å². The summed E-state index contributed by atoms with van der Waals surface area (Å²) < 4.78 is 1.92. The van der Waals surface area contributed by atoms with Crippen LogP contribution in [0.4, 0.5) is 0 Å². The van der Waals surface area contributed by atoms with Crippen molar-refractivity contribution in [3.8, 4) is 5.69 Å². The molecule has 0 aliphatic heterocycles.